The third-order valence-corrected chi connectivity index (χ3v) is 6.79. The number of ether oxygens (including phenoxy) is 1. The van der Waals surface area contributed by atoms with Gasteiger partial charge in [0.2, 0.25) is 5.91 Å². The van der Waals surface area contributed by atoms with E-state index in [1.165, 1.54) is 11.0 Å². The summed E-state index contributed by atoms with van der Waals surface area (Å²) in [5, 5.41) is 3.68. The number of pyridine rings is 1. The van der Waals surface area contributed by atoms with Crippen molar-refractivity contribution in [3.05, 3.63) is 28.5 Å². The first-order valence-corrected chi connectivity index (χ1v) is 11.5. The van der Waals surface area contributed by atoms with Crippen LogP contribution in [0, 0.1) is 5.92 Å². The minimum absolute atomic E-state index is 0.0243. The highest BCUT2D eigenvalue weighted by Gasteiger charge is 2.38. The van der Waals surface area contributed by atoms with Crippen molar-refractivity contribution in [1.29, 1.82) is 0 Å². The largest absolute Gasteiger partial charge is 0.494 e. The molecule has 0 unspecified atom stereocenters. The lowest BCUT2D eigenvalue weighted by Crippen LogP contribution is -2.56. The Labute approximate surface area is 194 Å². The van der Waals surface area contributed by atoms with Crippen molar-refractivity contribution in [2.45, 2.75) is 51.7 Å². The molecule has 0 aromatic carbocycles. The van der Waals surface area contributed by atoms with E-state index in [0.29, 0.717) is 17.0 Å². The van der Waals surface area contributed by atoms with Gasteiger partial charge in [0.1, 0.15) is 18.0 Å². The van der Waals surface area contributed by atoms with Crippen LogP contribution in [0.5, 0.6) is 5.75 Å². The molecule has 7 nitrogen and oxygen atoms in total. The number of hydrogen-bond acceptors (Lipinski definition) is 4. The number of fused-ring (bicyclic) bond motifs is 1. The summed E-state index contributed by atoms with van der Waals surface area (Å²) in [6, 6.07) is 2.32. The molecule has 2 aromatic heterocycles. The monoisotopic (exact) mass is 486 g/mol. The van der Waals surface area contributed by atoms with E-state index in [1.54, 1.807) is 6.92 Å². The van der Waals surface area contributed by atoms with E-state index >= 15 is 0 Å². The molecule has 3 heterocycles. The van der Waals surface area contributed by atoms with Crippen molar-refractivity contribution in [3.8, 4) is 5.75 Å². The minimum atomic E-state index is -4.74. The lowest BCUT2D eigenvalue weighted by atomic mass is 9.86. The van der Waals surface area contributed by atoms with Crippen LogP contribution in [0.2, 0.25) is 5.02 Å². The molecule has 33 heavy (non-hydrogen) atoms. The van der Waals surface area contributed by atoms with Crippen molar-refractivity contribution in [2.24, 2.45) is 5.92 Å². The van der Waals surface area contributed by atoms with Crippen LogP contribution in [0.3, 0.4) is 0 Å². The highest BCUT2D eigenvalue weighted by Crippen LogP contribution is 2.36. The smallest absolute Gasteiger partial charge is 0.433 e. The van der Waals surface area contributed by atoms with E-state index < -0.39 is 17.8 Å². The molecule has 0 atom stereocenters. The fraction of sp³-hybridized carbons (Fsp3) is 0.591. The van der Waals surface area contributed by atoms with Gasteiger partial charge in [-0.2, -0.15) is 18.3 Å². The maximum absolute atomic E-state index is 13.6. The van der Waals surface area contributed by atoms with Crippen LogP contribution in [0.4, 0.5) is 13.2 Å². The Balaban J connectivity index is 1.58. The summed E-state index contributed by atoms with van der Waals surface area (Å²) in [5.74, 6) is -0.200. The first-order valence-electron chi connectivity index (χ1n) is 11.1. The number of aromatic nitrogens is 2. The average Bonchev–Trinajstić information content (AvgIpc) is 3.09. The van der Waals surface area contributed by atoms with Gasteiger partial charge in [-0.3, -0.25) is 9.59 Å². The van der Waals surface area contributed by atoms with Crippen molar-refractivity contribution in [2.75, 3.05) is 26.2 Å². The molecule has 4 rings (SSSR count). The maximum Gasteiger partial charge on any atom is 0.433 e. The Morgan fingerprint density at radius 1 is 1.21 bits per heavy atom. The number of hydrogen-bond donors (Lipinski definition) is 0. The predicted molar refractivity (Wildman–Crippen MR) is 115 cm³/mol. The Morgan fingerprint density at radius 3 is 2.52 bits per heavy atom. The Bertz CT molecular complexity index is 1060. The highest BCUT2D eigenvalue weighted by atomic mass is 35.5. The molecule has 2 aliphatic rings. The van der Waals surface area contributed by atoms with Gasteiger partial charge < -0.3 is 14.5 Å². The molecule has 2 fully saturated rings. The molecule has 2 amide bonds. The number of halogens is 4. The third-order valence-electron chi connectivity index (χ3n) is 6.42. The molecule has 0 bridgehead atoms. The Kier molecular flexibility index (Phi) is 6.48. The summed E-state index contributed by atoms with van der Waals surface area (Å²) in [7, 11) is 0. The summed E-state index contributed by atoms with van der Waals surface area (Å²) in [5.41, 5.74) is -1.50. The van der Waals surface area contributed by atoms with Crippen LogP contribution in [0.15, 0.2) is 12.1 Å². The minimum Gasteiger partial charge on any atom is -0.494 e. The summed E-state index contributed by atoms with van der Waals surface area (Å²) < 4.78 is 46.7. The van der Waals surface area contributed by atoms with Gasteiger partial charge in [0.25, 0.3) is 5.91 Å². The van der Waals surface area contributed by atoms with E-state index in [1.807, 2.05) is 4.90 Å². The lowest BCUT2D eigenvalue weighted by Gasteiger charge is -2.41. The Hall–Kier alpha value is -2.49. The standard InChI is InChI=1S/C22H26ClF3N4O3/c1-3-33-15-10-16-19(23)20(27-30(16)17(11-15)22(24,25)26)21(32)28-8-9-29(18(31)12-28)14-6-4-13(2)5-7-14/h10-11,13-14H,3-9,12H2,1-2H3. The molecular formula is C22H26ClF3N4O3. The molecule has 1 saturated carbocycles. The number of amides is 2. The average molecular weight is 487 g/mol. The van der Waals surface area contributed by atoms with E-state index in [0.717, 1.165) is 31.7 Å². The summed E-state index contributed by atoms with van der Waals surface area (Å²) in [6.45, 7) is 4.53. The van der Waals surface area contributed by atoms with Gasteiger partial charge in [-0.25, -0.2) is 4.52 Å². The lowest BCUT2D eigenvalue weighted by molar-refractivity contribution is -0.142. The van der Waals surface area contributed by atoms with Gasteiger partial charge in [0.15, 0.2) is 5.69 Å². The van der Waals surface area contributed by atoms with Crippen molar-refractivity contribution < 1.29 is 27.5 Å². The van der Waals surface area contributed by atoms with Crippen molar-refractivity contribution in [3.63, 3.8) is 0 Å². The van der Waals surface area contributed by atoms with E-state index in [9.17, 15) is 22.8 Å². The van der Waals surface area contributed by atoms with Crippen molar-refractivity contribution >= 4 is 28.9 Å². The molecule has 1 aliphatic carbocycles. The quantitative estimate of drug-likeness (QED) is 0.647. The summed E-state index contributed by atoms with van der Waals surface area (Å²) in [6.07, 6.45) is -0.707. The SMILES string of the molecule is CCOc1cc(C(F)(F)F)n2nc(C(=O)N3CCN(C4CCC(C)CC4)C(=O)C3)c(Cl)c2c1. The maximum atomic E-state index is 13.6. The molecule has 0 N–H and O–H groups in total. The summed E-state index contributed by atoms with van der Waals surface area (Å²) >= 11 is 6.32. The first-order chi connectivity index (χ1) is 15.6. The molecule has 1 aliphatic heterocycles. The molecule has 1 saturated heterocycles. The van der Waals surface area contributed by atoms with Crippen LogP contribution >= 0.6 is 11.6 Å². The predicted octanol–water partition coefficient (Wildman–Crippen LogP) is 4.27. The van der Waals surface area contributed by atoms with Crippen LogP contribution in [-0.4, -0.2) is 63.5 Å². The number of nitrogens with zero attached hydrogens (tertiary/aromatic N) is 4. The van der Waals surface area contributed by atoms with Crippen LogP contribution < -0.4 is 4.74 Å². The van der Waals surface area contributed by atoms with Gasteiger partial charge in [-0.05, 0) is 38.5 Å². The first kappa shape index (κ1) is 23.7. The molecule has 2 aromatic rings. The zero-order chi connectivity index (χ0) is 23.9. The number of carbonyl (C=O) groups is 2. The van der Waals surface area contributed by atoms with Gasteiger partial charge >= 0.3 is 6.18 Å². The highest BCUT2D eigenvalue weighted by molar-refractivity contribution is 6.36. The molecule has 0 spiro atoms. The number of alkyl halides is 3. The molecule has 0 radical (unpaired) electrons. The van der Waals surface area contributed by atoms with Gasteiger partial charge in [-0.15, -0.1) is 0 Å². The van der Waals surface area contributed by atoms with Gasteiger partial charge in [-0.1, -0.05) is 18.5 Å². The number of carbonyl (C=O) groups excluding carboxylic acids is 2. The second-order valence-corrected chi connectivity index (χ2v) is 9.07. The number of piperazine rings is 1. The van der Waals surface area contributed by atoms with Crippen LogP contribution in [0.25, 0.3) is 5.52 Å². The van der Waals surface area contributed by atoms with Gasteiger partial charge in [0, 0.05) is 31.3 Å². The van der Waals surface area contributed by atoms with Gasteiger partial charge in [0.05, 0.1) is 17.1 Å². The van der Waals surface area contributed by atoms with Crippen molar-refractivity contribution in [1.82, 2.24) is 19.4 Å². The fourth-order valence-electron chi connectivity index (χ4n) is 4.63. The number of rotatable bonds is 4. The van der Waals surface area contributed by atoms with E-state index in [-0.39, 0.29) is 53.6 Å². The van der Waals surface area contributed by atoms with Crippen LogP contribution in [0.1, 0.15) is 55.7 Å². The Morgan fingerprint density at radius 2 is 1.91 bits per heavy atom. The molecular weight excluding hydrogens is 461 g/mol. The molecule has 180 valence electrons. The normalized spacial score (nSPS) is 22.2. The van der Waals surface area contributed by atoms with Crippen LogP contribution in [-0.2, 0) is 11.0 Å². The second kappa shape index (κ2) is 9.04. The fourth-order valence-corrected chi connectivity index (χ4v) is 4.88. The van der Waals surface area contributed by atoms with E-state index in [4.69, 9.17) is 16.3 Å². The third kappa shape index (κ3) is 4.62. The second-order valence-electron chi connectivity index (χ2n) is 8.69. The zero-order valence-corrected chi connectivity index (χ0v) is 19.2. The zero-order valence-electron chi connectivity index (χ0n) is 18.5. The van der Waals surface area contributed by atoms with E-state index in [2.05, 4.69) is 12.0 Å². The topological polar surface area (TPSA) is 67.2 Å². The molecule has 11 heteroatoms. The summed E-state index contributed by atoms with van der Waals surface area (Å²) in [4.78, 5) is 29.0.